The normalized spacial score (nSPS) is 15.5. The zero-order valence-electron chi connectivity index (χ0n) is 18.2. The van der Waals surface area contributed by atoms with Crippen molar-refractivity contribution in [2.24, 2.45) is 0 Å². The van der Waals surface area contributed by atoms with Crippen LogP contribution in [0.25, 0.3) is 10.9 Å². The van der Waals surface area contributed by atoms with E-state index in [1.807, 2.05) is 18.2 Å². The lowest BCUT2D eigenvalue weighted by atomic mass is 10.1. The van der Waals surface area contributed by atoms with Gasteiger partial charge in [0.25, 0.3) is 11.5 Å². The first-order valence-corrected chi connectivity index (χ1v) is 11.8. The predicted molar refractivity (Wildman–Crippen MR) is 129 cm³/mol. The molecule has 1 aromatic heterocycles. The molecule has 1 fully saturated rings. The number of nitrogens with zero attached hydrogens (tertiary/aromatic N) is 2. The summed E-state index contributed by atoms with van der Waals surface area (Å²) in [5.41, 5.74) is 1.21. The molecule has 1 aliphatic rings. The van der Waals surface area contributed by atoms with Crippen molar-refractivity contribution in [3.05, 3.63) is 82.7 Å². The van der Waals surface area contributed by atoms with Gasteiger partial charge in [-0.15, -0.1) is 6.58 Å². The number of amides is 1. The van der Waals surface area contributed by atoms with Crippen LogP contribution < -0.4 is 10.9 Å². The van der Waals surface area contributed by atoms with Gasteiger partial charge in [0.1, 0.15) is 0 Å². The van der Waals surface area contributed by atoms with Gasteiger partial charge < -0.3 is 10.1 Å². The third-order valence-electron chi connectivity index (χ3n) is 5.44. The minimum absolute atomic E-state index is 0.0452. The molecule has 0 bridgehead atoms. The standard InChI is InChI=1S/C25H25N3O4S/c1-2-12-28-24(31)20-11-10-18(23(30)26-15-19-9-6-13-32-19)14-21(20)27-25(28)33-16-22(29)17-7-4-3-5-8-17/h2-5,7-8,10-11,14,19H,1,6,9,12-13,15-16H2,(H,26,30)/t19-/m1/s1. The van der Waals surface area contributed by atoms with Crippen molar-refractivity contribution in [1.29, 1.82) is 0 Å². The summed E-state index contributed by atoms with van der Waals surface area (Å²) in [6.45, 7) is 5.17. The lowest BCUT2D eigenvalue weighted by Gasteiger charge is -2.13. The van der Waals surface area contributed by atoms with Crippen molar-refractivity contribution in [3.8, 4) is 0 Å². The maximum absolute atomic E-state index is 13.1. The Morgan fingerprint density at radius 1 is 1.21 bits per heavy atom. The van der Waals surface area contributed by atoms with E-state index in [1.165, 1.54) is 16.3 Å². The molecule has 3 aromatic rings. The molecule has 1 atom stereocenters. The summed E-state index contributed by atoms with van der Waals surface area (Å²) in [6, 6.07) is 13.9. The van der Waals surface area contributed by atoms with Crippen LogP contribution in [0.5, 0.6) is 0 Å². The predicted octanol–water partition coefficient (Wildman–Crippen LogP) is 3.47. The summed E-state index contributed by atoms with van der Waals surface area (Å²) in [5.74, 6) is -0.152. The maximum Gasteiger partial charge on any atom is 0.262 e. The molecule has 4 rings (SSSR count). The van der Waals surface area contributed by atoms with Crippen LogP contribution >= 0.6 is 11.8 Å². The molecule has 1 N–H and O–H groups in total. The van der Waals surface area contributed by atoms with Crippen LogP contribution in [0.15, 0.2) is 71.1 Å². The lowest BCUT2D eigenvalue weighted by Crippen LogP contribution is -2.31. The maximum atomic E-state index is 13.1. The second-order valence-corrected chi connectivity index (χ2v) is 8.70. The van der Waals surface area contributed by atoms with Gasteiger partial charge in [-0.25, -0.2) is 4.98 Å². The highest BCUT2D eigenvalue weighted by Crippen LogP contribution is 2.20. The van der Waals surface area contributed by atoms with Gasteiger partial charge in [0.15, 0.2) is 10.9 Å². The second kappa shape index (κ2) is 10.6. The fourth-order valence-corrected chi connectivity index (χ4v) is 4.60. The Kier molecular flexibility index (Phi) is 7.36. The SMILES string of the molecule is C=CCn1c(SCC(=O)c2ccccc2)nc2cc(C(=O)NC[C@H]3CCCO3)ccc2c1=O. The number of hydrogen-bond donors (Lipinski definition) is 1. The summed E-state index contributed by atoms with van der Waals surface area (Å²) in [7, 11) is 0. The molecular weight excluding hydrogens is 438 g/mol. The summed E-state index contributed by atoms with van der Waals surface area (Å²) in [4.78, 5) is 42.9. The third-order valence-corrected chi connectivity index (χ3v) is 6.41. The van der Waals surface area contributed by atoms with E-state index in [0.29, 0.717) is 33.7 Å². The molecule has 0 radical (unpaired) electrons. The molecule has 8 heteroatoms. The molecule has 0 spiro atoms. The molecule has 2 heterocycles. The minimum atomic E-state index is -0.238. The van der Waals surface area contributed by atoms with E-state index >= 15 is 0 Å². The van der Waals surface area contributed by atoms with Crippen LogP contribution in [0.2, 0.25) is 0 Å². The fourth-order valence-electron chi connectivity index (χ4n) is 3.69. The van der Waals surface area contributed by atoms with Gasteiger partial charge in [-0.1, -0.05) is 48.2 Å². The molecule has 33 heavy (non-hydrogen) atoms. The number of allylic oxidation sites excluding steroid dienone is 1. The summed E-state index contributed by atoms with van der Waals surface area (Å²) >= 11 is 1.20. The average molecular weight is 464 g/mol. The monoisotopic (exact) mass is 463 g/mol. The number of Topliss-reactive ketones (excluding diaryl/α,β-unsaturated/α-hetero) is 1. The van der Waals surface area contributed by atoms with Gasteiger partial charge >= 0.3 is 0 Å². The largest absolute Gasteiger partial charge is 0.376 e. The Morgan fingerprint density at radius 3 is 2.76 bits per heavy atom. The van der Waals surface area contributed by atoms with Crippen molar-refractivity contribution >= 4 is 34.4 Å². The molecule has 0 unspecified atom stereocenters. The van der Waals surface area contributed by atoms with Crippen LogP contribution in [-0.4, -0.2) is 46.2 Å². The molecule has 1 amide bonds. The van der Waals surface area contributed by atoms with E-state index in [2.05, 4.69) is 16.9 Å². The molecule has 170 valence electrons. The Hall–Kier alpha value is -3.23. The fraction of sp³-hybridized carbons (Fsp3) is 0.280. The van der Waals surface area contributed by atoms with E-state index in [1.54, 1.807) is 36.4 Å². The highest BCUT2D eigenvalue weighted by atomic mass is 32.2. The number of carbonyl (C=O) groups excluding carboxylic acids is 2. The van der Waals surface area contributed by atoms with E-state index in [4.69, 9.17) is 4.74 Å². The zero-order valence-corrected chi connectivity index (χ0v) is 19.0. The minimum Gasteiger partial charge on any atom is -0.376 e. The van der Waals surface area contributed by atoms with Crippen molar-refractivity contribution in [2.45, 2.75) is 30.6 Å². The molecular formula is C25H25N3O4S. The zero-order chi connectivity index (χ0) is 23.2. The van der Waals surface area contributed by atoms with E-state index in [-0.39, 0.29) is 35.7 Å². The smallest absolute Gasteiger partial charge is 0.262 e. The molecule has 0 saturated carbocycles. The first-order chi connectivity index (χ1) is 16.1. The summed E-state index contributed by atoms with van der Waals surface area (Å²) in [6.07, 6.45) is 3.60. The van der Waals surface area contributed by atoms with Crippen molar-refractivity contribution in [3.63, 3.8) is 0 Å². The van der Waals surface area contributed by atoms with Crippen LogP contribution in [0.4, 0.5) is 0 Å². The van der Waals surface area contributed by atoms with E-state index < -0.39 is 0 Å². The number of carbonyl (C=O) groups is 2. The van der Waals surface area contributed by atoms with Crippen LogP contribution in [0.3, 0.4) is 0 Å². The second-order valence-electron chi connectivity index (χ2n) is 7.75. The van der Waals surface area contributed by atoms with Crippen molar-refractivity contribution in [1.82, 2.24) is 14.9 Å². The first kappa shape index (κ1) is 22.9. The summed E-state index contributed by atoms with van der Waals surface area (Å²) in [5, 5.41) is 3.71. The van der Waals surface area contributed by atoms with Gasteiger partial charge in [-0.3, -0.25) is 19.0 Å². The number of benzene rings is 2. The highest BCUT2D eigenvalue weighted by Gasteiger charge is 2.18. The average Bonchev–Trinajstić information content (AvgIpc) is 3.37. The van der Waals surface area contributed by atoms with E-state index in [0.717, 1.165) is 19.4 Å². The Morgan fingerprint density at radius 2 is 2.03 bits per heavy atom. The molecule has 1 saturated heterocycles. The third kappa shape index (κ3) is 5.40. The number of aromatic nitrogens is 2. The molecule has 1 aliphatic heterocycles. The molecule has 2 aromatic carbocycles. The van der Waals surface area contributed by atoms with Gasteiger partial charge in [-0.05, 0) is 31.0 Å². The number of nitrogens with one attached hydrogen (secondary N) is 1. The number of thioether (sulfide) groups is 1. The van der Waals surface area contributed by atoms with Gasteiger partial charge in [-0.2, -0.15) is 0 Å². The number of fused-ring (bicyclic) bond motifs is 1. The number of rotatable bonds is 9. The highest BCUT2D eigenvalue weighted by molar-refractivity contribution is 7.99. The number of ether oxygens (including phenoxy) is 1. The first-order valence-electron chi connectivity index (χ1n) is 10.8. The molecule has 7 nitrogen and oxygen atoms in total. The Bertz CT molecular complexity index is 1230. The van der Waals surface area contributed by atoms with Gasteiger partial charge in [0, 0.05) is 30.8 Å². The van der Waals surface area contributed by atoms with Gasteiger partial charge in [0.2, 0.25) is 0 Å². The van der Waals surface area contributed by atoms with Crippen LogP contribution in [0, 0.1) is 0 Å². The Labute approximate surface area is 195 Å². The Balaban J connectivity index is 1.58. The van der Waals surface area contributed by atoms with Crippen LogP contribution in [0.1, 0.15) is 33.6 Å². The quantitative estimate of drug-likeness (QED) is 0.226. The number of hydrogen-bond acceptors (Lipinski definition) is 6. The number of ketones is 1. The summed E-state index contributed by atoms with van der Waals surface area (Å²) < 4.78 is 7.04. The van der Waals surface area contributed by atoms with E-state index in [9.17, 15) is 14.4 Å². The van der Waals surface area contributed by atoms with Crippen molar-refractivity contribution in [2.75, 3.05) is 18.9 Å². The van der Waals surface area contributed by atoms with Gasteiger partial charge in [0.05, 0.1) is 22.8 Å². The van der Waals surface area contributed by atoms with Crippen molar-refractivity contribution < 1.29 is 14.3 Å². The van der Waals surface area contributed by atoms with Crippen LogP contribution in [-0.2, 0) is 11.3 Å². The molecule has 0 aliphatic carbocycles. The topological polar surface area (TPSA) is 90.3 Å². The lowest BCUT2D eigenvalue weighted by molar-refractivity contribution is 0.0857.